The molecule has 11 nitrogen and oxygen atoms in total. The SMILES string of the molecule is C=CC[C@H](NC(=O)[C@H](Cc1cccc2ccccc12)NC(=O)OCc1ccccc1)C(=O)N[C@@H](CC(C)C)[C@@H](O)CC(=O)N[C@H](CO)[C@@H](C)CC. The van der Waals surface area contributed by atoms with Gasteiger partial charge in [-0.3, -0.25) is 14.4 Å². The van der Waals surface area contributed by atoms with Gasteiger partial charge in [-0.05, 0) is 46.6 Å². The molecule has 276 valence electrons. The van der Waals surface area contributed by atoms with E-state index < -0.39 is 54.1 Å². The second kappa shape index (κ2) is 20.8. The van der Waals surface area contributed by atoms with Crippen LogP contribution in [0.5, 0.6) is 0 Å². The van der Waals surface area contributed by atoms with Crippen LogP contribution >= 0.6 is 0 Å². The summed E-state index contributed by atoms with van der Waals surface area (Å²) in [5, 5.41) is 33.8. The molecule has 0 aromatic heterocycles. The van der Waals surface area contributed by atoms with Gasteiger partial charge in [0, 0.05) is 6.42 Å². The van der Waals surface area contributed by atoms with Crippen LogP contribution in [0.25, 0.3) is 10.8 Å². The topological polar surface area (TPSA) is 166 Å². The number of hydrogen-bond acceptors (Lipinski definition) is 7. The molecule has 0 spiro atoms. The average molecular weight is 703 g/mol. The average Bonchev–Trinajstić information content (AvgIpc) is 3.12. The van der Waals surface area contributed by atoms with Crippen LogP contribution in [0.1, 0.15) is 64.5 Å². The van der Waals surface area contributed by atoms with Crippen molar-refractivity contribution in [3.63, 3.8) is 0 Å². The van der Waals surface area contributed by atoms with E-state index in [4.69, 9.17) is 4.74 Å². The smallest absolute Gasteiger partial charge is 0.408 e. The lowest BCUT2D eigenvalue weighted by atomic mass is 9.95. The molecule has 3 aromatic rings. The number of fused-ring (bicyclic) bond motifs is 1. The van der Waals surface area contributed by atoms with Crippen molar-refractivity contribution in [2.75, 3.05) is 6.61 Å². The Balaban J connectivity index is 1.78. The van der Waals surface area contributed by atoms with Crippen LogP contribution in [0.3, 0.4) is 0 Å². The summed E-state index contributed by atoms with van der Waals surface area (Å²) in [6.07, 6.45) is 0.487. The standard InChI is InChI=1S/C40H54N4O7/c1-6-14-32(38(48)43-33(21-26(3)4)36(46)23-37(47)41-35(24-45)27(5)7-2)42-39(49)34(44-40(50)51-25-28-15-9-8-10-16-28)22-30-19-13-18-29-17-11-12-20-31(29)30/h6,8-13,15-20,26-27,32-36,45-46H,1,7,14,21-25H2,2-5H3,(H,41,47)(H,42,49)(H,43,48)(H,44,50)/t27-,32-,33-,34-,35+,36-/m0/s1. The molecule has 6 atom stereocenters. The fourth-order valence-corrected chi connectivity index (χ4v) is 5.83. The normalized spacial score (nSPS) is 14.7. The highest BCUT2D eigenvalue weighted by Crippen LogP contribution is 2.20. The fraction of sp³-hybridized carbons (Fsp3) is 0.450. The van der Waals surface area contributed by atoms with Crippen LogP contribution in [-0.4, -0.2) is 70.9 Å². The van der Waals surface area contributed by atoms with Crippen molar-refractivity contribution in [1.29, 1.82) is 0 Å². The first-order chi connectivity index (χ1) is 24.4. The van der Waals surface area contributed by atoms with E-state index in [9.17, 15) is 29.4 Å². The highest BCUT2D eigenvalue weighted by molar-refractivity contribution is 5.93. The van der Waals surface area contributed by atoms with E-state index in [0.29, 0.717) is 6.42 Å². The van der Waals surface area contributed by atoms with Crippen molar-refractivity contribution in [2.24, 2.45) is 11.8 Å². The van der Waals surface area contributed by atoms with Crippen LogP contribution in [0, 0.1) is 11.8 Å². The van der Waals surface area contributed by atoms with Gasteiger partial charge in [0.1, 0.15) is 18.7 Å². The van der Waals surface area contributed by atoms with Gasteiger partial charge < -0.3 is 36.2 Å². The molecule has 6 N–H and O–H groups in total. The quantitative estimate of drug-likeness (QED) is 0.0941. The van der Waals surface area contributed by atoms with E-state index in [2.05, 4.69) is 27.8 Å². The summed E-state index contributed by atoms with van der Waals surface area (Å²) in [6.45, 7) is 11.3. The zero-order valence-electron chi connectivity index (χ0n) is 30.1. The van der Waals surface area contributed by atoms with Crippen molar-refractivity contribution in [3.05, 3.63) is 96.6 Å². The molecule has 0 radical (unpaired) electrons. The molecule has 51 heavy (non-hydrogen) atoms. The minimum absolute atomic E-state index is 0.00660. The van der Waals surface area contributed by atoms with Crippen molar-refractivity contribution >= 4 is 34.6 Å². The van der Waals surface area contributed by atoms with Gasteiger partial charge in [0.15, 0.2) is 0 Å². The first-order valence-corrected chi connectivity index (χ1v) is 17.7. The summed E-state index contributed by atoms with van der Waals surface area (Å²) in [6, 6.07) is 19.1. The number of benzene rings is 3. The second-order valence-corrected chi connectivity index (χ2v) is 13.4. The summed E-state index contributed by atoms with van der Waals surface area (Å²) in [5.74, 6) is -1.53. The minimum Gasteiger partial charge on any atom is -0.445 e. The Morgan fingerprint density at radius 1 is 0.824 bits per heavy atom. The molecule has 0 aliphatic rings. The van der Waals surface area contributed by atoms with Crippen LogP contribution in [0.4, 0.5) is 4.79 Å². The summed E-state index contributed by atoms with van der Waals surface area (Å²) in [5.41, 5.74) is 1.60. The fourth-order valence-electron chi connectivity index (χ4n) is 5.83. The number of amides is 4. The Bertz CT molecular complexity index is 1580. The molecule has 0 bridgehead atoms. The van der Waals surface area contributed by atoms with Crippen LogP contribution < -0.4 is 21.3 Å². The lowest BCUT2D eigenvalue weighted by Gasteiger charge is -2.29. The number of rotatable bonds is 20. The number of aliphatic hydroxyl groups excluding tert-OH is 2. The molecular weight excluding hydrogens is 648 g/mol. The molecule has 0 fully saturated rings. The third-order valence-corrected chi connectivity index (χ3v) is 8.95. The molecule has 0 aliphatic carbocycles. The van der Waals surface area contributed by atoms with Gasteiger partial charge in [-0.1, -0.05) is 113 Å². The van der Waals surface area contributed by atoms with Gasteiger partial charge in [0.25, 0.3) is 0 Å². The van der Waals surface area contributed by atoms with E-state index in [1.807, 2.05) is 100 Å². The van der Waals surface area contributed by atoms with Crippen LogP contribution in [0.2, 0.25) is 0 Å². The van der Waals surface area contributed by atoms with Gasteiger partial charge in [-0.25, -0.2) is 4.79 Å². The van der Waals surface area contributed by atoms with Gasteiger partial charge in [0.2, 0.25) is 17.7 Å². The highest BCUT2D eigenvalue weighted by atomic mass is 16.5. The van der Waals surface area contributed by atoms with Crippen molar-refractivity contribution < 1.29 is 34.1 Å². The number of nitrogens with one attached hydrogen (secondary N) is 4. The number of hydrogen-bond donors (Lipinski definition) is 6. The molecule has 3 aromatic carbocycles. The molecule has 0 saturated heterocycles. The van der Waals surface area contributed by atoms with Crippen LogP contribution in [-0.2, 0) is 32.1 Å². The zero-order chi connectivity index (χ0) is 37.3. The maximum Gasteiger partial charge on any atom is 0.408 e. The third-order valence-electron chi connectivity index (χ3n) is 8.95. The molecule has 0 unspecified atom stereocenters. The van der Waals surface area contributed by atoms with Crippen molar-refractivity contribution in [3.8, 4) is 0 Å². The Morgan fingerprint density at radius 2 is 1.49 bits per heavy atom. The third kappa shape index (κ3) is 13.1. The summed E-state index contributed by atoms with van der Waals surface area (Å²) < 4.78 is 5.43. The lowest BCUT2D eigenvalue weighted by Crippen LogP contribution is -2.57. The number of carbonyl (C=O) groups excluding carboxylic acids is 4. The number of alkyl carbamates (subject to hydrolysis) is 1. The van der Waals surface area contributed by atoms with Gasteiger partial charge in [-0.2, -0.15) is 0 Å². The number of aliphatic hydroxyl groups is 2. The Kier molecular flexibility index (Phi) is 16.6. The number of ether oxygens (including phenoxy) is 1. The molecule has 3 rings (SSSR count). The Hall–Kier alpha value is -4.74. The summed E-state index contributed by atoms with van der Waals surface area (Å²) in [7, 11) is 0. The van der Waals surface area contributed by atoms with E-state index in [1.165, 1.54) is 6.08 Å². The molecule has 4 amide bonds. The minimum atomic E-state index is -1.23. The summed E-state index contributed by atoms with van der Waals surface area (Å²) >= 11 is 0. The molecule has 0 aliphatic heterocycles. The van der Waals surface area contributed by atoms with Gasteiger partial charge >= 0.3 is 6.09 Å². The predicted octanol–water partition coefficient (Wildman–Crippen LogP) is 4.54. The monoisotopic (exact) mass is 702 g/mol. The molecular formula is C40H54N4O7. The summed E-state index contributed by atoms with van der Waals surface area (Å²) in [4.78, 5) is 53.4. The second-order valence-electron chi connectivity index (χ2n) is 13.4. The molecule has 0 saturated carbocycles. The van der Waals surface area contributed by atoms with Crippen molar-refractivity contribution in [1.82, 2.24) is 21.3 Å². The lowest BCUT2D eigenvalue weighted by molar-refractivity contribution is -0.131. The Labute approximate surface area is 301 Å². The maximum atomic E-state index is 13.9. The Morgan fingerprint density at radius 3 is 2.16 bits per heavy atom. The first kappa shape index (κ1) is 40.7. The molecule has 0 heterocycles. The highest BCUT2D eigenvalue weighted by Gasteiger charge is 2.31. The van der Waals surface area contributed by atoms with Crippen molar-refractivity contribution in [2.45, 2.75) is 96.7 Å². The van der Waals surface area contributed by atoms with Gasteiger partial charge in [-0.15, -0.1) is 6.58 Å². The first-order valence-electron chi connectivity index (χ1n) is 17.7. The maximum absolute atomic E-state index is 13.9. The van der Waals surface area contributed by atoms with Crippen LogP contribution in [0.15, 0.2) is 85.5 Å². The predicted molar refractivity (Wildman–Crippen MR) is 198 cm³/mol. The number of carbonyl (C=O) groups is 4. The van der Waals surface area contributed by atoms with Gasteiger partial charge in [0.05, 0.1) is 31.2 Å². The largest absolute Gasteiger partial charge is 0.445 e. The zero-order valence-corrected chi connectivity index (χ0v) is 30.1. The molecule has 11 heteroatoms. The van der Waals surface area contributed by atoms with E-state index in [0.717, 1.165) is 28.3 Å². The van der Waals surface area contributed by atoms with E-state index in [1.54, 1.807) is 0 Å². The van der Waals surface area contributed by atoms with E-state index >= 15 is 0 Å². The van der Waals surface area contributed by atoms with E-state index in [-0.39, 0.29) is 44.3 Å².